The van der Waals surface area contributed by atoms with Gasteiger partial charge in [0.15, 0.2) is 0 Å². The van der Waals surface area contributed by atoms with E-state index in [1.807, 2.05) is 18.2 Å². The number of benzene rings is 3. The number of aliphatic imine (C=N–C) groups is 2. The lowest BCUT2D eigenvalue weighted by Crippen LogP contribution is -2.19. The van der Waals surface area contributed by atoms with Crippen molar-refractivity contribution < 1.29 is 0 Å². The fourth-order valence-electron chi connectivity index (χ4n) is 5.50. The van der Waals surface area contributed by atoms with Crippen molar-refractivity contribution in [3.63, 3.8) is 0 Å². The zero-order valence-electron chi connectivity index (χ0n) is 19.9. The van der Waals surface area contributed by atoms with Crippen LogP contribution in [-0.2, 0) is 0 Å². The molecule has 0 aliphatic carbocycles. The van der Waals surface area contributed by atoms with Crippen LogP contribution in [0.25, 0.3) is 21.8 Å². The number of rotatable bonds is 5. The number of aromatic amines is 2. The van der Waals surface area contributed by atoms with Crippen LogP contribution in [0.1, 0.15) is 33.7 Å². The fraction of sp³-hybridized carbons (Fsp3) is 0.172. The molecule has 0 saturated heterocycles. The molecule has 0 atom stereocenters. The summed E-state index contributed by atoms with van der Waals surface area (Å²) in [6.07, 6.45) is 4.15. The first-order valence-corrected chi connectivity index (χ1v) is 13.2. The Morgan fingerprint density at radius 1 is 0.676 bits per heavy atom. The van der Waals surface area contributed by atoms with E-state index in [2.05, 4.69) is 79.4 Å². The predicted molar refractivity (Wildman–Crippen MR) is 153 cm³/mol. The van der Waals surface area contributed by atoms with E-state index in [0.29, 0.717) is 10.0 Å². The summed E-state index contributed by atoms with van der Waals surface area (Å²) in [7, 11) is 0. The molecule has 4 N–H and O–H groups in total. The number of amidine groups is 2. The van der Waals surface area contributed by atoms with Crippen molar-refractivity contribution >= 4 is 56.7 Å². The van der Waals surface area contributed by atoms with Crippen LogP contribution in [0.4, 0.5) is 0 Å². The third-order valence-corrected chi connectivity index (χ3v) is 7.89. The first-order chi connectivity index (χ1) is 18.2. The van der Waals surface area contributed by atoms with Crippen molar-refractivity contribution in [3.05, 3.63) is 105 Å². The van der Waals surface area contributed by atoms with Crippen molar-refractivity contribution in [2.24, 2.45) is 9.98 Å². The van der Waals surface area contributed by atoms with Gasteiger partial charge in [0.1, 0.15) is 11.7 Å². The molecule has 0 unspecified atom stereocenters. The molecule has 7 rings (SSSR count). The standard InChI is InChI=1S/C29H24Cl2N6/c30-22-2-1-3-23(31)27(22)26(20-14-36-24-6-4-16(12-18(20)24)28-32-8-9-33-28)21-15-37-25-7-5-17(13-19(21)25)29-34-10-11-35-29/h1-7,12-15,26,36-37H,8-11H2,(H,32,33)(H,34,35). The SMILES string of the molecule is Clc1cccc(Cl)c1C(c1c[nH]c2ccc(C3=NCCN3)cc12)c1c[nH]c2ccc(C3=NCCN3)cc12. The van der Waals surface area contributed by atoms with Crippen molar-refractivity contribution in [2.75, 3.05) is 26.2 Å². The Morgan fingerprint density at radius 3 is 1.65 bits per heavy atom. The second kappa shape index (κ2) is 8.98. The number of halogens is 2. The molecule has 2 aromatic heterocycles. The van der Waals surface area contributed by atoms with Crippen LogP contribution in [-0.4, -0.2) is 47.8 Å². The molecular formula is C29H24Cl2N6. The molecule has 4 heterocycles. The minimum absolute atomic E-state index is 0.203. The molecule has 2 aliphatic heterocycles. The average Bonchev–Trinajstić information content (AvgIpc) is 3.73. The molecular weight excluding hydrogens is 503 g/mol. The third-order valence-electron chi connectivity index (χ3n) is 7.23. The Bertz CT molecular complexity index is 1610. The van der Waals surface area contributed by atoms with Gasteiger partial charge in [-0.25, -0.2) is 0 Å². The van der Waals surface area contributed by atoms with Crippen molar-refractivity contribution in [1.29, 1.82) is 0 Å². The van der Waals surface area contributed by atoms with Gasteiger partial charge in [-0.05, 0) is 59.7 Å². The van der Waals surface area contributed by atoms with Crippen LogP contribution in [0, 0.1) is 0 Å². The van der Waals surface area contributed by atoms with Gasteiger partial charge in [-0.15, -0.1) is 0 Å². The molecule has 0 spiro atoms. The van der Waals surface area contributed by atoms with Crippen LogP contribution in [0.2, 0.25) is 10.0 Å². The smallest absolute Gasteiger partial charge is 0.128 e. The highest BCUT2D eigenvalue weighted by atomic mass is 35.5. The molecule has 0 saturated carbocycles. The number of fused-ring (bicyclic) bond motifs is 2. The van der Waals surface area contributed by atoms with Gasteiger partial charge in [0, 0.05) is 79.9 Å². The molecule has 3 aromatic carbocycles. The molecule has 0 radical (unpaired) electrons. The lowest BCUT2D eigenvalue weighted by Gasteiger charge is -2.20. The first-order valence-electron chi connectivity index (χ1n) is 12.4. The monoisotopic (exact) mass is 526 g/mol. The van der Waals surface area contributed by atoms with Gasteiger partial charge in [-0.3, -0.25) is 9.98 Å². The van der Waals surface area contributed by atoms with E-state index in [0.717, 1.165) is 87.5 Å². The van der Waals surface area contributed by atoms with Gasteiger partial charge < -0.3 is 20.6 Å². The first kappa shape index (κ1) is 22.5. The van der Waals surface area contributed by atoms with Gasteiger partial charge in [0.25, 0.3) is 0 Å². The highest BCUT2D eigenvalue weighted by molar-refractivity contribution is 6.36. The van der Waals surface area contributed by atoms with Crippen LogP contribution >= 0.6 is 23.2 Å². The van der Waals surface area contributed by atoms with Crippen LogP contribution in [0.5, 0.6) is 0 Å². The minimum Gasteiger partial charge on any atom is -0.368 e. The van der Waals surface area contributed by atoms with Gasteiger partial charge in [-0.1, -0.05) is 29.3 Å². The van der Waals surface area contributed by atoms with E-state index >= 15 is 0 Å². The maximum Gasteiger partial charge on any atom is 0.128 e. The molecule has 37 heavy (non-hydrogen) atoms. The summed E-state index contributed by atoms with van der Waals surface area (Å²) >= 11 is 13.7. The summed E-state index contributed by atoms with van der Waals surface area (Å²) < 4.78 is 0. The molecule has 6 nitrogen and oxygen atoms in total. The molecule has 0 bridgehead atoms. The van der Waals surface area contributed by atoms with Crippen molar-refractivity contribution in [1.82, 2.24) is 20.6 Å². The molecule has 0 amide bonds. The van der Waals surface area contributed by atoms with Crippen LogP contribution in [0.15, 0.2) is 77.0 Å². The Labute approximate surface area is 223 Å². The molecule has 184 valence electrons. The summed E-state index contributed by atoms with van der Waals surface area (Å²) in [5.41, 5.74) is 7.34. The quantitative estimate of drug-likeness (QED) is 0.232. The second-order valence-electron chi connectivity index (χ2n) is 9.39. The van der Waals surface area contributed by atoms with E-state index in [1.165, 1.54) is 0 Å². The van der Waals surface area contributed by atoms with Crippen LogP contribution < -0.4 is 10.6 Å². The normalized spacial score (nSPS) is 15.3. The minimum atomic E-state index is -0.203. The zero-order valence-corrected chi connectivity index (χ0v) is 21.4. The van der Waals surface area contributed by atoms with E-state index in [-0.39, 0.29) is 5.92 Å². The lowest BCUT2D eigenvalue weighted by molar-refractivity contribution is 0.960. The zero-order chi connectivity index (χ0) is 24.9. The summed E-state index contributed by atoms with van der Waals surface area (Å²) in [6, 6.07) is 18.5. The Balaban J connectivity index is 1.47. The summed E-state index contributed by atoms with van der Waals surface area (Å²) in [4.78, 5) is 16.2. The van der Waals surface area contributed by atoms with Crippen molar-refractivity contribution in [3.8, 4) is 0 Å². The van der Waals surface area contributed by atoms with Gasteiger partial charge in [0.2, 0.25) is 0 Å². The van der Waals surface area contributed by atoms with Gasteiger partial charge >= 0.3 is 0 Å². The summed E-state index contributed by atoms with van der Waals surface area (Å²) in [5, 5.41) is 10.3. The van der Waals surface area contributed by atoms with E-state index in [9.17, 15) is 0 Å². The topological polar surface area (TPSA) is 80.4 Å². The number of nitrogens with zero attached hydrogens (tertiary/aromatic N) is 2. The van der Waals surface area contributed by atoms with E-state index in [1.54, 1.807) is 0 Å². The Hall–Kier alpha value is -3.74. The molecule has 0 fully saturated rings. The van der Waals surface area contributed by atoms with Crippen molar-refractivity contribution in [2.45, 2.75) is 5.92 Å². The van der Waals surface area contributed by atoms with E-state index in [4.69, 9.17) is 23.2 Å². The average molecular weight is 527 g/mol. The third kappa shape index (κ3) is 3.79. The number of nitrogens with one attached hydrogen (secondary N) is 4. The van der Waals surface area contributed by atoms with Crippen LogP contribution in [0.3, 0.4) is 0 Å². The molecule has 2 aliphatic rings. The van der Waals surface area contributed by atoms with E-state index < -0.39 is 0 Å². The van der Waals surface area contributed by atoms with Gasteiger partial charge in [-0.2, -0.15) is 0 Å². The molecule has 8 heteroatoms. The largest absolute Gasteiger partial charge is 0.368 e. The number of aromatic nitrogens is 2. The number of H-pyrrole nitrogens is 2. The Morgan fingerprint density at radius 2 is 1.19 bits per heavy atom. The van der Waals surface area contributed by atoms with Gasteiger partial charge in [0.05, 0.1) is 13.1 Å². The number of hydrogen-bond donors (Lipinski definition) is 4. The maximum absolute atomic E-state index is 6.87. The summed E-state index contributed by atoms with van der Waals surface area (Å²) in [5.74, 6) is 1.66. The lowest BCUT2D eigenvalue weighted by atomic mass is 9.84. The Kier molecular flexibility index (Phi) is 5.45. The fourth-order valence-corrected chi connectivity index (χ4v) is 6.12. The predicted octanol–water partition coefficient (Wildman–Crippen LogP) is 5.84. The second-order valence-corrected chi connectivity index (χ2v) is 10.2. The highest BCUT2D eigenvalue weighted by Crippen LogP contribution is 2.44. The summed E-state index contributed by atoms with van der Waals surface area (Å²) in [6.45, 7) is 3.32. The number of hydrogen-bond acceptors (Lipinski definition) is 4. The molecule has 5 aromatic rings. The maximum atomic E-state index is 6.87. The highest BCUT2D eigenvalue weighted by Gasteiger charge is 2.28.